The molecule has 0 saturated carbocycles. The number of anilines is 1. The molecular formula is C16H16BrFN2O. The van der Waals surface area contributed by atoms with E-state index in [4.69, 9.17) is 0 Å². The predicted molar refractivity (Wildman–Crippen MR) is 85.6 cm³/mol. The molecule has 0 aliphatic rings. The average Bonchev–Trinajstić information content (AvgIpc) is 2.45. The van der Waals surface area contributed by atoms with Gasteiger partial charge in [-0.25, -0.2) is 4.39 Å². The van der Waals surface area contributed by atoms with Crippen LogP contribution in [-0.2, 0) is 4.79 Å². The quantitative estimate of drug-likeness (QED) is 0.859. The predicted octanol–water partition coefficient (Wildman–Crippen LogP) is 3.88. The minimum atomic E-state index is -0.278. The number of hydrogen-bond acceptors (Lipinski definition) is 2. The molecule has 0 radical (unpaired) electrons. The third-order valence-electron chi connectivity index (χ3n) is 3.03. The van der Waals surface area contributed by atoms with E-state index in [1.165, 1.54) is 12.1 Å². The van der Waals surface area contributed by atoms with E-state index in [2.05, 4.69) is 26.6 Å². The van der Waals surface area contributed by atoms with Gasteiger partial charge in [-0.05, 0) is 42.8 Å². The number of amides is 1. The Morgan fingerprint density at radius 1 is 1.24 bits per heavy atom. The van der Waals surface area contributed by atoms with Crippen LogP contribution in [0.25, 0.3) is 0 Å². The summed E-state index contributed by atoms with van der Waals surface area (Å²) in [5.41, 5.74) is 1.54. The highest BCUT2D eigenvalue weighted by Crippen LogP contribution is 2.16. The van der Waals surface area contributed by atoms with Crippen molar-refractivity contribution in [3.8, 4) is 0 Å². The maximum absolute atomic E-state index is 13.1. The van der Waals surface area contributed by atoms with Gasteiger partial charge in [-0.1, -0.05) is 34.1 Å². The second kappa shape index (κ2) is 7.33. The van der Waals surface area contributed by atoms with Crippen molar-refractivity contribution in [2.24, 2.45) is 0 Å². The third kappa shape index (κ3) is 4.95. The zero-order valence-electron chi connectivity index (χ0n) is 11.6. The molecule has 0 aliphatic carbocycles. The van der Waals surface area contributed by atoms with Crippen LogP contribution in [0.4, 0.5) is 10.1 Å². The SMILES string of the molecule is C[C@H](NCC(=O)Nc1cccc(Br)c1)c1cccc(F)c1. The van der Waals surface area contributed by atoms with Crippen molar-refractivity contribution in [3.63, 3.8) is 0 Å². The molecular weight excluding hydrogens is 335 g/mol. The van der Waals surface area contributed by atoms with Gasteiger partial charge in [-0.2, -0.15) is 0 Å². The van der Waals surface area contributed by atoms with Crippen LogP contribution in [0, 0.1) is 5.82 Å². The van der Waals surface area contributed by atoms with E-state index in [9.17, 15) is 9.18 Å². The summed E-state index contributed by atoms with van der Waals surface area (Å²) in [4.78, 5) is 11.9. The summed E-state index contributed by atoms with van der Waals surface area (Å²) in [7, 11) is 0. The van der Waals surface area contributed by atoms with Crippen LogP contribution < -0.4 is 10.6 Å². The number of rotatable bonds is 5. The molecule has 1 amide bonds. The van der Waals surface area contributed by atoms with Crippen molar-refractivity contribution in [2.75, 3.05) is 11.9 Å². The maximum atomic E-state index is 13.1. The van der Waals surface area contributed by atoms with Crippen molar-refractivity contribution in [1.29, 1.82) is 0 Å². The fourth-order valence-corrected chi connectivity index (χ4v) is 2.31. The Hall–Kier alpha value is -1.72. The second-order valence-corrected chi connectivity index (χ2v) is 5.63. The van der Waals surface area contributed by atoms with Gasteiger partial charge < -0.3 is 10.6 Å². The Labute approximate surface area is 131 Å². The zero-order chi connectivity index (χ0) is 15.2. The lowest BCUT2D eigenvalue weighted by Gasteiger charge is -2.14. The second-order valence-electron chi connectivity index (χ2n) is 4.72. The average molecular weight is 351 g/mol. The van der Waals surface area contributed by atoms with Crippen molar-refractivity contribution in [3.05, 3.63) is 64.4 Å². The normalized spacial score (nSPS) is 12.0. The fourth-order valence-electron chi connectivity index (χ4n) is 1.91. The molecule has 2 aromatic rings. The minimum Gasteiger partial charge on any atom is -0.325 e. The molecule has 3 nitrogen and oxygen atoms in total. The molecule has 2 N–H and O–H groups in total. The molecule has 110 valence electrons. The van der Waals surface area contributed by atoms with E-state index in [1.807, 2.05) is 37.3 Å². The first-order valence-corrected chi connectivity index (χ1v) is 7.38. The number of benzene rings is 2. The summed E-state index contributed by atoms with van der Waals surface area (Å²) in [5, 5.41) is 5.87. The summed E-state index contributed by atoms with van der Waals surface area (Å²) in [6.07, 6.45) is 0. The van der Waals surface area contributed by atoms with Gasteiger partial charge in [-0.15, -0.1) is 0 Å². The first kappa shape index (κ1) is 15.7. The molecule has 1 atom stereocenters. The summed E-state index contributed by atoms with van der Waals surface area (Å²) >= 11 is 3.35. The summed E-state index contributed by atoms with van der Waals surface area (Å²) in [6.45, 7) is 2.05. The molecule has 0 spiro atoms. The molecule has 0 bridgehead atoms. The van der Waals surface area contributed by atoms with Crippen LogP contribution >= 0.6 is 15.9 Å². The molecule has 2 aromatic carbocycles. The van der Waals surface area contributed by atoms with Gasteiger partial charge in [-0.3, -0.25) is 4.79 Å². The van der Waals surface area contributed by atoms with Crippen molar-refractivity contribution < 1.29 is 9.18 Å². The number of carbonyl (C=O) groups excluding carboxylic acids is 1. The molecule has 5 heteroatoms. The smallest absolute Gasteiger partial charge is 0.238 e. The van der Waals surface area contributed by atoms with Crippen LogP contribution in [-0.4, -0.2) is 12.5 Å². The van der Waals surface area contributed by atoms with Crippen LogP contribution in [0.3, 0.4) is 0 Å². The standard InChI is InChI=1S/C16H16BrFN2O/c1-11(12-4-2-6-14(18)8-12)19-10-16(21)20-15-7-3-5-13(17)9-15/h2-9,11,19H,10H2,1H3,(H,20,21)/t11-/m0/s1. The molecule has 0 unspecified atom stereocenters. The Morgan fingerprint density at radius 3 is 2.71 bits per heavy atom. The van der Waals surface area contributed by atoms with Crippen molar-refractivity contribution >= 4 is 27.5 Å². The Kier molecular flexibility index (Phi) is 5.47. The van der Waals surface area contributed by atoms with E-state index >= 15 is 0 Å². The summed E-state index contributed by atoms with van der Waals surface area (Å²) in [6, 6.07) is 13.6. The van der Waals surface area contributed by atoms with Gasteiger partial charge in [0.05, 0.1) is 6.54 Å². The first-order valence-electron chi connectivity index (χ1n) is 6.59. The zero-order valence-corrected chi connectivity index (χ0v) is 13.2. The van der Waals surface area contributed by atoms with E-state index in [0.717, 1.165) is 15.7 Å². The van der Waals surface area contributed by atoms with Gasteiger partial charge >= 0.3 is 0 Å². The maximum Gasteiger partial charge on any atom is 0.238 e. The molecule has 0 aromatic heterocycles. The molecule has 21 heavy (non-hydrogen) atoms. The van der Waals surface area contributed by atoms with Gasteiger partial charge in [0.2, 0.25) is 5.91 Å². The topological polar surface area (TPSA) is 41.1 Å². The minimum absolute atomic E-state index is 0.103. The van der Waals surface area contributed by atoms with Gasteiger partial charge in [0, 0.05) is 16.2 Å². The number of halogens is 2. The van der Waals surface area contributed by atoms with E-state index in [1.54, 1.807) is 6.07 Å². The Balaban J connectivity index is 1.86. The summed E-state index contributed by atoms with van der Waals surface area (Å²) in [5.74, 6) is -0.420. The van der Waals surface area contributed by atoms with Crippen LogP contribution in [0.1, 0.15) is 18.5 Å². The summed E-state index contributed by atoms with van der Waals surface area (Å²) < 4.78 is 14.0. The monoisotopic (exact) mass is 350 g/mol. The van der Waals surface area contributed by atoms with Crippen LogP contribution in [0.5, 0.6) is 0 Å². The highest BCUT2D eigenvalue weighted by atomic mass is 79.9. The van der Waals surface area contributed by atoms with Gasteiger partial charge in [0.15, 0.2) is 0 Å². The lowest BCUT2D eigenvalue weighted by molar-refractivity contribution is -0.115. The lowest BCUT2D eigenvalue weighted by Crippen LogP contribution is -2.30. The Bertz CT molecular complexity index is 633. The fraction of sp³-hybridized carbons (Fsp3) is 0.188. The number of nitrogens with one attached hydrogen (secondary N) is 2. The van der Waals surface area contributed by atoms with E-state index < -0.39 is 0 Å². The van der Waals surface area contributed by atoms with E-state index in [-0.39, 0.29) is 24.3 Å². The first-order chi connectivity index (χ1) is 10.0. The van der Waals surface area contributed by atoms with E-state index in [0.29, 0.717) is 0 Å². The molecule has 0 heterocycles. The number of carbonyl (C=O) groups is 1. The molecule has 2 rings (SSSR count). The highest BCUT2D eigenvalue weighted by Gasteiger charge is 2.08. The Morgan fingerprint density at radius 2 is 2.00 bits per heavy atom. The lowest BCUT2D eigenvalue weighted by atomic mass is 10.1. The van der Waals surface area contributed by atoms with Crippen LogP contribution in [0.2, 0.25) is 0 Å². The molecule has 0 saturated heterocycles. The van der Waals surface area contributed by atoms with Crippen molar-refractivity contribution in [2.45, 2.75) is 13.0 Å². The van der Waals surface area contributed by atoms with Gasteiger partial charge in [0.25, 0.3) is 0 Å². The molecule has 0 aliphatic heterocycles. The largest absolute Gasteiger partial charge is 0.325 e. The van der Waals surface area contributed by atoms with Crippen LogP contribution in [0.15, 0.2) is 53.0 Å². The van der Waals surface area contributed by atoms with Gasteiger partial charge in [0.1, 0.15) is 5.82 Å². The third-order valence-corrected chi connectivity index (χ3v) is 3.52. The molecule has 0 fully saturated rings. The highest BCUT2D eigenvalue weighted by molar-refractivity contribution is 9.10. The number of hydrogen-bond donors (Lipinski definition) is 2. The van der Waals surface area contributed by atoms with Crippen molar-refractivity contribution in [1.82, 2.24) is 5.32 Å².